The van der Waals surface area contributed by atoms with Gasteiger partial charge in [-0.1, -0.05) is 109 Å². The maximum atomic E-state index is 6.15. The Labute approximate surface area is 229 Å². The van der Waals surface area contributed by atoms with Gasteiger partial charge in [0.2, 0.25) is 0 Å². The van der Waals surface area contributed by atoms with Crippen LogP contribution >= 0.6 is 0 Å². The van der Waals surface area contributed by atoms with Crippen molar-refractivity contribution in [1.82, 2.24) is 0 Å². The quantitative estimate of drug-likeness (QED) is 0.216. The zero-order chi connectivity index (χ0) is 26.2. The van der Waals surface area contributed by atoms with Crippen LogP contribution in [0.4, 0.5) is 0 Å². The summed E-state index contributed by atoms with van der Waals surface area (Å²) in [5, 5.41) is 10.7. The van der Waals surface area contributed by atoms with Crippen LogP contribution in [0.5, 0.6) is 0 Å². The van der Waals surface area contributed by atoms with Crippen LogP contribution < -0.4 is 0 Å². The molecule has 0 N–H and O–H groups in total. The summed E-state index contributed by atoms with van der Waals surface area (Å²) in [7, 11) is 0. The van der Waals surface area contributed by atoms with Crippen molar-refractivity contribution < 1.29 is 8.83 Å². The molecule has 9 aromatic rings. The number of hydrogen-bond acceptors (Lipinski definition) is 2. The average Bonchev–Trinajstić information content (AvgIpc) is 3.55. The summed E-state index contributed by atoms with van der Waals surface area (Å²) in [6.45, 7) is 0. The Balaban J connectivity index is 1.38. The van der Waals surface area contributed by atoms with Crippen LogP contribution in [0.15, 0.2) is 142 Å². The van der Waals surface area contributed by atoms with Crippen molar-refractivity contribution >= 4 is 65.4 Å². The molecule has 0 saturated heterocycles. The van der Waals surface area contributed by atoms with E-state index in [1.165, 1.54) is 49.0 Å². The predicted molar refractivity (Wildman–Crippen MR) is 167 cm³/mol. The highest BCUT2D eigenvalue weighted by Gasteiger charge is 2.19. The Kier molecular flexibility index (Phi) is 4.36. The molecule has 0 radical (unpaired) electrons. The SMILES string of the molecule is c1ccc2cc(-c3c4ccccc4c(-c4ccc5oc6oc7ccccc7c6c5c4)c4ccccc34)ccc2c1. The number of para-hydroxylation sites is 1. The van der Waals surface area contributed by atoms with Crippen LogP contribution in [-0.2, 0) is 0 Å². The third kappa shape index (κ3) is 2.99. The smallest absolute Gasteiger partial charge is 0.299 e. The fraction of sp³-hybridized carbons (Fsp3) is 0. The predicted octanol–water partition coefficient (Wildman–Crippen LogP) is 11.1. The van der Waals surface area contributed by atoms with Gasteiger partial charge in [-0.05, 0) is 78.8 Å². The zero-order valence-electron chi connectivity index (χ0n) is 21.5. The van der Waals surface area contributed by atoms with Crippen molar-refractivity contribution in [2.75, 3.05) is 0 Å². The molecule has 2 nitrogen and oxygen atoms in total. The fourth-order valence-corrected chi connectivity index (χ4v) is 6.51. The molecule has 0 aliphatic heterocycles. The summed E-state index contributed by atoms with van der Waals surface area (Å²) in [5.74, 6) is 0.578. The highest BCUT2D eigenvalue weighted by Crippen LogP contribution is 2.45. The van der Waals surface area contributed by atoms with E-state index in [4.69, 9.17) is 8.83 Å². The summed E-state index contributed by atoms with van der Waals surface area (Å²) >= 11 is 0. The van der Waals surface area contributed by atoms with Crippen LogP contribution in [0.25, 0.3) is 87.7 Å². The summed E-state index contributed by atoms with van der Waals surface area (Å²) in [5.41, 5.74) is 6.59. The topological polar surface area (TPSA) is 26.3 Å². The molecule has 2 heteroatoms. The summed E-state index contributed by atoms with van der Waals surface area (Å²) in [6.07, 6.45) is 0. The summed E-state index contributed by atoms with van der Waals surface area (Å²) < 4.78 is 12.2. The lowest BCUT2D eigenvalue weighted by molar-refractivity contribution is 0.524. The molecule has 0 saturated carbocycles. The molecule has 0 unspecified atom stereocenters. The van der Waals surface area contributed by atoms with Crippen molar-refractivity contribution in [3.8, 4) is 22.3 Å². The van der Waals surface area contributed by atoms with Crippen LogP contribution in [-0.4, -0.2) is 0 Å². The highest BCUT2D eigenvalue weighted by atomic mass is 16.5. The number of hydrogen-bond donors (Lipinski definition) is 0. The molecule has 0 aliphatic carbocycles. The fourth-order valence-electron chi connectivity index (χ4n) is 6.51. The molecular weight excluding hydrogens is 488 g/mol. The minimum absolute atomic E-state index is 0.578. The van der Waals surface area contributed by atoms with E-state index in [0.29, 0.717) is 5.78 Å². The standard InChI is InChI=1S/C38H22O2/c1-2-10-24-21-25(18-17-23(24)9-1)35-27-11-3-5-13-29(27)36(30-14-6-4-12-28(30)35)26-19-20-34-32(22-26)37-31-15-7-8-16-33(31)39-38(37)40-34/h1-22H. The van der Waals surface area contributed by atoms with Crippen molar-refractivity contribution in [1.29, 1.82) is 0 Å². The van der Waals surface area contributed by atoms with Gasteiger partial charge in [-0.15, -0.1) is 0 Å². The van der Waals surface area contributed by atoms with Gasteiger partial charge in [-0.3, -0.25) is 0 Å². The Hall–Kier alpha value is -5.34. The second-order valence-corrected chi connectivity index (χ2v) is 10.5. The van der Waals surface area contributed by atoms with E-state index in [2.05, 4.69) is 115 Å². The molecular formula is C38H22O2. The maximum absolute atomic E-state index is 6.15. The molecule has 2 heterocycles. The second-order valence-electron chi connectivity index (χ2n) is 10.5. The largest absolute Gasteiger partial charge is 0.425 e. The second kappa shape index (κ2) is 8.08. The maximum Gasteiger partial charge on any atom is 0.299 e. The zero-order valence-corrected chi connectivity index (χ0v) is 21.5. The lowest BCUT2D eigenvalue weighted by Crippen LogP contribution is -1.91. The van der Waals surface area contributed by atoms with Gasteiger partial charge in [0.25, 0.3) is 5.78 Å². The van der Waals surface area contributed by atoms with E-state index < -0.39 is 0 Å². The molecule has 9 rings (SSSR count). The molecule has 0 fully saturated rings. The molecule has 0 aliphatic rings. The van der Waals surface area contributed by atoms with Gasteiger partial charge in [-0.2, -0.15) is 0 Å². The van der Waals surface area contributed by atoms with Crippen LogP contribution in [0.1, 0.15) is 0 Å². The molecule has 0 atom stereocenters. The van der Waals surface area contributed by atoms with Gasteiger partial charge in [0.1, 0.15) is 11.2 Å². The van der Waals surface area contributed by atoms with Crippen molar-refractivity contribution in [2.24, 2.45) is 0 Å². The van der Waals surface area contributed by atoms with Gasteiger partial charge in [0.15, 0.2) is 0 Å². The van der Waals surface area contributed by atoms with Gasteiger partial charge in [0.05, 0.1) is 5.39 Å². The number of fused-ring (bicyclic) bond motifs is 8. The summed E-state index contributed by atoms with van der Waals surface area (Å²) in [4.78, 5) is 0. The third-order valence-corrected chi connectivity index (χ3v) is 8.27. The molecule has 7 aromatic carbocycles. The van der Waals surface area contributed by atoms with E-state index in [-0.39, 0.29) is 0 Å². The molecule has 0 bridgehead atoms. The Morgan fingerprint density at radius 3 is 1.52 bits per heavy atom. The molecule has 186 valence electrons. The normalized spacial score (nSPS) is 12.0. The van der Waals surface area contributed by atoms with Crippen molar-refractivity contribution in [2.45, 2.75) is 0 Å². The molecule has 40 heavy (non-hydrogen) atoms. The Morgan fingerprint density at radius 2 is 0.850 bits per heavy atom. The Bertz CT molecular complexity index is 2380. The molecule has 0 amide bonds. The Morgan fingerprint density at radius 1 is 0.350 bits per heavy atom. The van der Waals surface area contributed by atoms with E-state index in [1.807, 2.05) is 18.2 Å². The highest BCUT2D eigenvalue weighted by molar-refractivity contribution is 6.23. The van der Waals surface area contributed by atoms with Crippen molar-refractivity contribution in [3.63, 3.8) is 0 Å². The molecule has 0 spiro atoms. The van der Waals surface area contributed by atoms with E-state index >= 15 is 0 Å². The first kappa shape index (κ1) is 21.6. The number of furan rings is 2. The lowest BCUT2D eigenvalue weighted by Gasteiger charge is -2.18. The van der Waals surface area contributed by atoms with E-state index in [9.17, 15) is 0 Å². The minimum atomic E-state index is 0.578. The van der Waals surface area contributed by atoms with Gasteiger partial charge < -0.3 is 8.83 Å². The first-order chi connectivity index (χ1) is 19.8. The summed E-state index contributed by atoms with van der Waals surface area (Å²) in [6, 6.07) is 47.6. The third-order valence-electron chi connectivity index (χ3n) is 8.27. The van der Waals surface area contributed by atoms with Gasteiger partial charge >= 0.3 is 0 Å². The first-order valence-corrected chi connectivity index (χ1v) is 13.6. The van der Waals surface area contributed by atoms with E-state index in [1.54, 1.807) is 0 Å². The number of benzene rings is 7. The van der Waals surface area contributed by atoms with Gasteiger partial charge in [0, 0.05) is 10.8 Å². The minimum Gasteiger partial charge on any atom is -0.425 e. The monoisotopic (exact) mass is 510 g/mol. The van der Waals surface area contributed by atoms with E-state index in [0.717, 1.165) is 32.9 Å². The van der Waals surface area contributed by atoms with Gasteiger partial charge in [-0.25, -0.2) is 0 Å². The van der Waals surface area contributed by atoms with Crippen LogP contribution in [0.2, 0.25) is 0 Å². The van der Waals surface area contributed by atoms with Crippen LogP contribution in [0.3, 0.4) is 0 Å². The number of rotatable bonds is 2. The first-order valence-electron chi connectivity index (χ1n) is 13.6. The average molecular weight is 511 g/mol. The lowest BCUT2D eigenvalue weighted by atomic mass is 9.85. The van der Waals surface area contributed by atoms with Crippen LogP contribution in [0, 0.1) is 0 Å². The van der Waals surface area contributed by atoms with Crippen molar-refractivity contribution in [3.05, 3.63) is 133 Å². The molecule has 2 aromatic heterocycles.